The van der Waals surface area contributed by atoms with Crippen LogP contribution in [0.15, 0.2) is 18.2 Å². The number of hydrogen-bond donors (Lipinski definition) is 2. The average molecular weight is 218 g/mol. The third-order valence-corrected chi connectivity index (χ3v) is 3.25. The fourth-order valence-electron chi connectivity index (χ4n) is 2.25. The van der Waals surface area contributed by atoms with Crippen molar-refractivity contribution < 1.29 is 5.11 Å². The van der Waals surface area contributed by atoms with Gasteiger partial charge in [0.1, 0.15) is 0 Å². The molecule has 0 aliphatic carbocycles. The second-order valence-corrected chi connectivity index (χ2v) is 4.33. The molecular formula is C13H18N2O. The first-order valence-corrected chi connectivity index (χ1v) is 5.50. The Balaban J connectivity index is 2.80. The van der Waals surface area contributed by atoms with Crippen molar-refractivity contribution in [2.24, 2.45) is 12.8 Å². The molecule has 3 nitrogen and oxygen atoms in total. The maximum atomic E-state index is 9.97. The van der Waals surface area contributed by atoms with Crippen molar-refractivity contribution in [2.75, 3.05) is 6.54 Å². The van der Waals surface area contributed by atoms with Crippen LogP contribution in [0, 0.1) is 13.8 Å². The Kier molecular flexibility index (Phi) is 2.74. The number of hydrogen-bond acceptors (Lipinski definition) is 2. The highest BCUT2D eigenvalue weighted by molar-refractivity contribution is 5.86. The normalized spacial score (nSPS) is 13.3. The Morgan fingerprint density at radius 2 is 2.06 bits per heavy atom. The van der Waals surface area contributed by atoms with E-state index in [1.807, 2.05) is 14.0 Å². The van der Waals surface area contributed by atoms with Gasteiger partial charge in [-0.15, -0.1) is 0 Å². The zero-order valence-electron chi connectivity index (χ0n) is 9.99. The fraction of sp³-hybridized carbons (Fsp3) is 0.385. The second-order valence-electron chi connectivity index (χ2n) is 4.33. The first-order valence-electron chi connectivity index (χ1n) is 5.50. The Morgan fingerprint density at radius 3 is 2.69 bits per heavy atom. The van der Waals surface area contributed by atoms with Crippen LogP contribution >= 0.6 is 0 Å². The first-order chi connectivity index (χ1) is 7.56. The predicted octanol–water partition coefficient (Wildman–Crippen LogP) is 1.79. The van der Waals surface area contributed by atoms with E-state index in [0.717, 1.165) is 22.2 Å². The van der Waals surface area contributed by atoms with Gasteiger partial charge in [-0.1, -0.05) is 11.6 Å². The van der Waals surface area contributed by atoms with Crippen molar-refractivity contribution in [1.82, 2.24) is 4.57 Å². The van der Waals surface area contributed by atoms with Crippen molar-refractivity contribution in [3.05, 3.63) is 35.0 Å². The Hall–Kier alpha value is -1.32. The number of aryl methyl sites for hydroxylation is 2. The lowest BCUT2D eigenvalue weighted by Crippen LogP contribution is -2.12. The number of benzene rings is 1. The molecule has 3 N–H and O–H groups in total. The van der Waals surface area contributed by atoms with E-state index in [2.05, 4.69) is 29.7 Å². The molecule has 16 heavy (non-hydrogen) atoms. The lowest BCUT2D eigenvalue weighted by atomic mass is 10.0. The van der Waals surface area contributed by atoms with Gasteiger partial charge in [0.05, 0.1) is 6.10 Å². The van der Waals surface area contributed by atoms with E-state index in [1.165, 1.54) is 5.56 Å². The topological polar surface area (TPSA) is 51.2 Å². The molecule has 86 valence electrons. The molecule has 0 aliphatic heterocycles. The third kappa shape index (κ3) is 1.52. The Bertz CT molecular complexity index is 528. The summed E-state index contributed by atoms with van der Waals surface area (Å²) in [5.74, 6) is 0. The van der Waals surface area contributed by atoms with Gasteiger partial charge in [-0.2, -0.15) is 0 Å². The molecule has 0 bridgehead atoms. The highest BCUT2D eigenvalue weighted by Gasteiger charge is 2.17. The number of aromatic nitrogens is 1. The van der Waals surface area contributed by atoms with E-state index in [9.17, 15) is 5.11 Å². The maximum Gasteiger partial charge on any atom is 0.0935 e. The summed E-state index contributed by atoms with van der Waals surface area (Å²) in [6.07, 6.45) is -0.578. The molecule has 1 atom stereocenters. The van der Waals surface area contributed by atoms with Gasteiger partial charge in [0.15, 0.2) is 0 Å². The summed E-state index contributed by atoms with van der Waals surface area (Å²) >= 11 is 0. The second kappa shape index (κ2) is 3.92. The molecule has 2 aromatic rings. The largest absolute Gasteiger partial charge is 0.387 e. The summed E-state index contributed by atoms with van der Waals surface area (Å²) in [5.41, 5.74) is 9.94. The summed E-state index contributed by atoms with van der Waals surface area (Å²) in [4.78, 5) is 0. The Morgan fingerprint density at radius 1 is 1.38 bits per heavy atom. The van der Waals surface area contributed by atoms with Crippen LogP contribution in [0.2, 0.25) is 0 Å². The van der Waals surface area contributed by atoms with Crippen LogP contribution in [0.1, 0.15) is 22.9 Å². The zero-order chi connectivity index (χ0) is 11.9. The minimum absolute atomic E-state index is 0.258. The molecule has 1 heterocycles. The van der Waals surface area contributed by atoms with Gasteiger partial charge >= 0.3 is 0 Å². The highest BCUT2D eigenvalue weighted by Crippen LogP contribution is 2.30. The van der Waals surface area contributed by atoms with Gasteiger partial charge in [0.25, 0.3) is 0 Å². The summed E-state index contributed by atoms with van der Waals surface area (Å²) in [5, 5.41) is 11.1. The monoisotopic (exact) mass is 218 g/mol. The van der Waals surface area contributed by atoms with Crippen molar-refractivity contribution >= 4 is 10.9 Å². The number of fused-ring (bicyclic) bond motifs is 1. The van der Waals surface area contributed by atoms with Crippen LogP contribution in [0.5, 0.6) is 0 Å². The van der Waals surface area contributed by atoms with Crippen LogP contribution in [-0.4, -0.2) is 16.2 Å². The van der Waals surface area contributed by atoms with E-state index in [-0.39, 0.29) is 6.54 Å². The van der Waals surface area contributed by atoms with Crippen molar-refractivity contribution in [3.63, 3.8) is 0 Å². The molecule has 1 aromatic heterocycles. The number of aliphatic hydroxyl groups excluding tert-OH is 1. The van der Waals surface area contributed by atoms with E-state index < -0.39 is 6.10 Å². The van der Waals surface area contributed by atoms with Crippen LogP contribution in [0.25, 0.3) is 10.9 Å². The summed E-state index contributed by atoms with van der Waals surface area (Å²) in [7, 11) is 2.01. The highest BCUT2D eigenvalue weighted by atomic mass is 16.3. The lowest BCUT2D eigenvalue weighted by molar-refractivity contribution is 0.187. The molecule has 0 fully saturated rings. The predicted molar refractivity (Wildman–Crippen MR) is 66.4 cm³/mol. The number of nitrogens with two attached hydrogens (primary N) is 1. The van der Waals surface area contributed by atoms with Gasteiger partial charge in [0, 0.05) is 35.8 Å². The van der Waals surface area contributed by atoms with Gasteiger partial charge in [-0.05, 0) is 26.0 Å². The van der Waals surface area contributed by atoms with Gasteiger partial charge in [0.2, 0.25) is 0 Å². The van der Waals surface area contributed by atoms with Crippen LogP contribution in [0.3, 0.4) is 0 Å². The molecule has 0 saturated carbocycles. The van der Waals surface area contributed by atoms with E-state index in [0.29, 0.717) is 0 Å². The first kappa shape index (κ1) is 11.2. The smallest absolute Gasteiger partial charge is 0.0935 e. The van der Waals surface area contributed by atoms with Crippen LogP contribution < -0.4 is 5.73 Å². The van der Waals surface area contributed by atoms with E-state index in [1.54, 1.807) is 0 Å². The molecule has 0 amide bonds. The van der Waals surface area contributed by atoms with Crippen molar-refractivity contribution in [2.45, 2.75) is 20.0 Å². The van der Waals surface area contributed by atoms with Gasteiger partial charge in [-0.25, -0.2) is 0 Å². The summed E-state index contributed by atoms with van der Waals surface area (Å²) in [6, 6.07) is 6.28. The maximum absolute atomic E-state index is 9.97. The lowest BCUT2D eigenvalue weighted by Gasteiger charge is -2.08. The van der Waals surface area contributed by atoms with E-state index in [4.69, 9.17) is 5.73 Å². The average Bonchev–Trinajstić information content (AvgIpc) is 2.51. The van der Waals surface area contributed by atoms with Crippen molar-refractivity contribution in [1.29, 1.82) is 0 Å². The summed E-state index contributed by atoms with van der Waals surface area (Å²) < 4.78 is 2.10. The van der Waals surface area contributed by atoms with Crippen LogP contribution in [-0.2, 0) is 7.05 Å². The SMILES string of the molecule is Cc1ccc2c(c1)c(C(O)CN)c(C)n2C. The molecule has 1 unspecified atom stereocenters. The molecule has 0 spiro atoms. The molecule has 2 rings (SSSR count). The number of rotatable bonds is 2. The minimum Gasteiger partial charge on any atom is -0.387 e. The standard InChI is InChI=1S/C13H18N2O/c1-8-4-5-11-10(6-8)13(12(16)7-14)9(2)15(11)3/h4-6,12,16H,7,14H2,1-3H3. The Labute approximate surface area is 95.5 Å². The van der Waals surface area contributed by atoms with Gasteiger partial charge < -0.3 is 15.4 Å². The molecular weight excluding hydrogens is 200 g/mol. The number of nitrogens with zero attached hydrogens (tertiary/aromatic N) is 1. The fourth-order valence-corrected chi connectivity index (χ4v) is 2.25. The van der Waals surface area contributed by atoms with Crippen LogP contribution in [0.4, 0.5) is 0 Å². The van der Waals surface area contributed by atoms with E-state index >= 15 is 0 Å². The minimum atomic E-state index is -0.578. The molecule has 0 radical (unpaired) electrons. The zero-order valence-corrected chi connectivity index (χ0v) is 9.99. The molecule has 0 saturated heterocycles. The molecule has 3 heteroatoms. The summed E-state index contributed by atoms with van der Waals surface area (Å²) in [6.45, 7) is 4.33. The molecule has 0 aliphatic rings. The third-order valence-electron chi connectivity index (χ3n) is 3.25. The quantitative estimate of drug-likeness (QED) is 0.807. The van der Waals surface area contributed by atoms with Crippen molar-refractivity contribution in [3.8, 4) is 0 Å². The number of aliphatic hydroxyl groups is 1. The van der Waals surface area contributed by atoms with Gasteiger partial charge in [-0.3, -0.25) is 0 Å². The molecule has 1 aromatic carbocycles.